The predicted molar refractivity (Wildman–Crippen MR) is 88.6 cm³/mol. The first-order valence-corrected chi connectivity index (χ1v) is 7.93. The molecule has 1 aromatic carbocycles. The summed E-state index contributed by atoms with van der Waals surface area (Å²) in [4.78, 5) is 25.0. The topological polar surface area (TPSA) is 44.0 Å². The number of hydrogen-bond acceptors (Lipinski definition) is 2. The molecule has 0 bridgehead atoms. The monoisotopic (exact) mass is 300 g/mol. The van der Waals surface area contributed by atoms with Crippen LogP contribution in [0.1, 0.15) is 61.4 Å². The maximum Gasteiger partial charge on any atom is 0.335 e. The van der Waals surface area contributed by atoms with Crippen LogP contribution in [0.15, 0.2) is 35.1 Å². The summed E-state index contributed by atoms with van der Waals surface area (Å²) in [6.45, 7) is 7.78. The Hall–Kier alpha value is -2.10. The Labute approximate surface area is 131 Å². The molecule has 0 aliphatic rings. The van der Waals surface area contributed by atoms with E-state index in [9.17, 15) is 9.59 Å². The zero-order chi connectivity index (χ0) is 16.3. The third-order valence-corrected chi connectivity index (χ3v) is 4.15. The highest BCUT2D eigenvalue weighted by atomic mass is 16.2. The molecule has 0 spiro atoms. The molecule has 0 fully saturated rings. The first kappa shape index (κ1) is 16.3. The second-order valence-electron chi connectivity index (χ2n) is 5.60. The van der Waals surface area contributed by atoms with Gasteiger partial charge in [-0.15, -0.1) is 0 Å². The summed E-state index contributed by atoms with van der Waals surface area (Å²) in [5.41, 5.74) is 2.59. The number of aromatic nitrogens is 2. The van der Waals surface area contributed by atoms with Crippen LogP contribution in [0.2, 0.25) is 0 Å². The Morgan fingerprint density at radius 3 is 2.36 bits per heavy atom. The van der Waals surface area contributed by atoms with E-state index in [1.807, 2.05) is 44.2 Å². The van der Waals surface area contributed by atoms with E-state index in [0.29, 0.717) is 6.42 Å². The van der Waals surface area contributed by atoms with Crippen molar-refractivity contribution in [2.24, 2.45) is 0 Å². The van der Waals surface area contributed by atoms with Gasteiger partial charge in [0.05, 0.1) is 6.04 Å². The quantitative estimate of drug-likeness (QED) is 0.847. The van der Waals surface area contributed by atoms with Crippen molar-refractivity contribution in [3.05, 3.63) is 57.8 Å². The van der Waals surface area contributed by atoms with Gasteiger partial charge in [-0.25, -0.2) is 9.36 Å². The number of carbonyl (C=O) groups excluding carboxylic acids is 1. The molecule has 2 rings (SSSR count). The lowest BCUT2D eigenvalue weighted by Crippen LogP contribution is -2.31. The Balaban J connectivity index is 2.62. The van der Waals surface area contributed by atoms with E-state index in [1.165, 1.54) is 4.57 Å². The van der Waals surface area contributed by atoms with Crippen LogP contribution in [0.4, 0.5) is 0 Å². The molecule has 0 radical (unpaired) electrons. The van der Waals surface area contributed by atoms with Gasteiger partial charge in [0.15, 0.2) is 0 Å². The number of rotatable bonds is 5. The summed E-state index contributed by atoms with van der Waals surface area (Å²) in [5, 5.41) is 0. The molecule has 1 heterocycles. The maximum absolute atomic E-state index is 12.8. The van der Waals surface area contributed by atoms with Gasteiger partial charge in [0, 0.05) is 17.8 Å². The fourth-order valence-corrected chi connectivity index (χ4v) is 2.95. The molecule has 22 heavy (non-hydrogen) atoms. The highest BCUT2D eigenvalue weighted by molar-refractivity contribution is 5.79. The van der Waals surface area contributed by atoms with Gasteiger partial charge in [-0.3, -0.25) is 9.36 Å². The standard InChI is InChI=1S/C18H24N2O2/c1-5-10-16-14(4)19(18(22)20(16)17(21)6-2)13(3)15-11-8-7-9-12-15/h7-9,11-13H,5-6,10H2,1-4H3/t13-/m0/s1. The van der Waals surface area contributed by atoms with Crippen molar-refractivity contribution in [1.29, 1.82) is 0 Å². The molecular formula is C18H24N2O2. The van der Waals surface area contributed by atoms with Gasteiger partial charge in [-0.05, 0) is 25.8 Å². The summed E-state index contributed by atoms with van der Waals surface area (Å²) in [6.07, 6.45) is 1.97. The summed E-state index contributed by atoms with van der Waals surface area (Å²) in [5.74, 6) is -0.129. The van der Waals surface area contributed by atoms with Crippen molar-refractivity contribution in [3.63, 3.8) is 0 Å². The highest BCUT2D eigenvalue weighted by Crippen LogP contribution is 2.20. The van der Waals surface area contributed by atoms with E-state index in [4.69, 9.17) is 0 Å². The minimum absolute atomic E-state index is 0.0878. The molecule has 1 atom stereocenters. The lowest BCUT2D eigenvalue weighted by molar-refractivity contribution is 0.0900. The van der Waals surface area contributed by atoms with Crippen molar-refractivity contribution in [2.75, 3.05) is 0 Å². The molecule has 4 nitrogen and oxygen atoms in total. The summed E-state index contributed by atoms with van der Waals surface area (Å²) < 4.78 is 3.12. The summed E-state index contributed by atoms with van der Waals surface area (Å²) in [7, 11) is 0. The van der Waals surface area contributed by atoms with E-state index >= 15 is 0 Å². The van der Waals surface area contributed by atoms with Crippen LogP contribution >= 0.6 is 0 Å². The van der Waals surface area contributed by atoms with E-state index in [2.05, 4.69) is 6.92 Å². The van der Waals surface area contributed by atoms with Crippen molar-refractivity contribution in [1.82, 2.24) is 9.13 Å². The van der Waals surface area contributed by atoms with Gasteiger partial charge < -0.3 is 0 Å². The number of hydrogen-bond donors (Lipinski definition) is 0. The predicted octanol–water partition coefficient (Wildman–Crippen LogP) is 3.57. The van der Waals surface area contributed by atoms with Crippen LogP contribution in [-0.2, 0) is 6.42 Å². The number of nitrogens with zero attached hydrogens (tertiary/aromatic N) is 2. The first-order valence-electron chi connectivity index (χ1n) is 7.93. The smallest absolute Gasteiger partial charge is 0.289 e. The van der Waals surface area contributed by atoms with Crippen molar-refractivity contribution in [2.45, 2.75) is 53.0 Å². The van der Waals surface area contributed by atoms with Gasteiger partial charge >= 0.3 is 5.69 Å². The fraction of sp³-hybridized carbons (Fsp3) is 0.444. The highest BCUT2D eigenvalue weighted by Gasteiger charge is 2.23. The number of imidazole rings is 1. The SMILES string of the molecule is CCCc1c(C)n([C@@H](C)c2ccccc2)c(=O)n1C(=O)CC. The van der Waals surface area contributed by atoms with Gasteiger partial charge in [0.2, 0.25) is 5.91 Å². The Morgan fingerprint density at radius 2 is 1.82 bits per heavy atom. The Kier molecular flexibility index (Phi) is 5.01. The Bertz CT molecular complexity index is 711. The number of carbonyl (C=O) groups is 1. The molecule has 2 aromatic rings. The van der Waals surface area contributed by atoms with E-state index in [-0.39, 0.29) is 17.6 Å². The van der Waals surface area contributed by atoms with Gasteiger partial charge in [-0.2, -0.15) is 0 Å². The fourth-order valence-electron chi connectivity index (χ4n) is 2.95. The minimum Gasteiger partial charge on any atom is -0.289 e. The normalized spacial score (nSPS) is 12.4. The van der Waals surface area contributed by atoms with Crippen molar-refractivity contribution >= 4 is 5.91 Å². The average Bonchev–Trinajstić information content (AvgIpc) is 2.78. The largest absolute Gasteiger partial charge is 0.335 e. The first-order chi connectivity index (χ1) is 10.5. The molecule has 1 aromatic heterocycles. The van der Waals surface area contributed by atoms with Crippen molar-refractivity contribution in [3.8, 4) is 0 Å². The second kappa shape index (κ2) is 6.77. The number of benzene rings is 1. The molecule has 0 saturated carbocycles. The van der Waals surface area contributed by atoms with Gasteiger partial charge in [0.1, 0.15) is 0 Å². The van der Waals surface area contributed by atoms with Crippen LogP contribution in [0.3, 0.4) is 0 Å². The zero-order valence-electron chi connectivity index (χ0n) is 13.8. The average molecular weight is 300 g/mol. The van der Waals surface area contributed by atoms with Gasteiger partial charge in [-0.1, -0.05) is 50.6 Å². The molecule has 0 amide bonds. The summed E-state index contributed by atoms with van der Waals surface area (Å²) in [6, 6.07) is 9.82. The summed E-state index contributed by atoms with van der Waals surface area (Å²) >= 11 is 0. The van der Waals surface area contributed by atoms with Gasteiger partial charge in [0.25, 0.3) is 0 Å². The maximum atomic E-state index is 12.8. The minimum atomic E-state index is -0.218. The lowest BCUT2D eigenvalue weighted by Gasteiger charge is -2.15. The Morgan fingerprint density at radius 1 is 1.18 bits per heavy atom. The molecule has 0 N–H and O–H groups in total. The van der Waals surface area contributed by atoms with Crippen LogP contribution in [0.5, 0.6) is 0 Å². The van der Waals surface area contributed by atoms with E-state index in [1.54, 1.807) is 11.5 Å². The van der Waals surface area contributed by atoms with Crippen LogP contribution in [0, 0.1) is 6.92 Å². The third kappa shape index (κ3) is 2.78. The lowest BCUT2D eigenvalue weighted by atomic mass is 10.1. The van der Waals surface area contributed by atoms with Crippen LogP contribution in [0.25, 0.3) is 0 Å². The van der Waals surface area contributed by atoms with E-state index in [0.717, 1.165) is 29.8 Å². The van der Waals surface area contributed by atoms with Crippen LogP contribution in [-0.4, -0.2) is 15.0 Å². The van der Waals surface area contributed by atoms with Crippen LogP contribution < -0.4 is 5.69 Å². The molecule has 0 aliphatic carbocycles. The molecular weight excluding hydrogens is 276 g/mol. The molecule has 0 saturated heterocycles. The van der Waals surface area contributed by atoms with Crippen molar-refractivity contribution < 1.29 is 4.79 Å². The third-order valence-electron chi connectivity index (χ3n) is 4.15. The molecule has 0 aliphatic heterocycles. The zero-order valence-corrected chi connectivity index (χ0v) is 13.8. The molecule has 118 valence electrons. The molecule has 4 heteroatoms. The molecule has 0 unspecified atom stereocenters. The second-order valence-corrected chi connectivity index (χ2v) is 5.60. The van der Waals surface area contributed by atoms with E-state index < -0.39 is 0 Å².